The second kappa shape index (κ2) is 4.97. The molecule has 4 aliphatic rings. The van der Waals surface area contributed by atoms with Crippen LogP contribution in [-0.4, -0.2) is 38.0 Å². The molecule has 4 rings (SSSR count). The Balaban J connectivity index is 1.71. The first-order valence-electron chi connectivity index (χ1n) is 8.66. The lowest BCUT2D eigenvalue weighted by Gasteiger charge is -2.65. The maximum atomic E-state index is 12.6. The highest BCUT2D eigenvalue weighted by Gasteiger charge is 2.60. The molecular weight excluding hydrogens is 260 g/mol. The SMILES string of the molecule is CNCCN(C)C(=O)CC12CC3CC(C)(CC(C)(C3)C1)C2. The molecule has 2 unspecified atom stereocenters. The van der Waals surface area contributed by atoms with Crippen molar-refractivity contribution in [3.8, 4) is 0 Å². The molecule has 2 atom stereocenters. The van der Waals surface area contributed by atoms with Crippen molar-refractivity contribution in [1.82, 2.24) is 10.2 Å². The van der Waals surface area contributed by atoms with Crippen molar-refractivity contribution in [2.45, 2.75) is 58.8 Å². The van der Waals surface area contributed by atoms with Crippen LogP contribution in [0.1, 0.15) is 58.8 Å². The first kappa shape index (κ1) is 15.3. The fourth-order valence-corrected chi connectivity index (χ4v) is 6.74. The van der Waals surface area contributed by atoms with Gasteiger partial charge in [0.1, 0.15) is 0 Å². The minimum Gasteiger partial charge on any atom is -0.344 e. The second-order valence-electron chi connectivity index (χ2n) is 9.23. The molecule has 0 aromatic carbocycles. The van der Waals surface area contributed by atoms with Crippen molar-refractivity contribution >= 4 is 5.91 Å². The van der Waals surface area contributed by atoms with Gasteiger partial charge in [0.2, 0.25) is 5.91 Å². The molecule has 4 fully saturated rings. The number of carbonyl (C=O) groups is 1. The van der Waals surface area contributed by atoms with Crippen LogP contribution in [0.4, 0.5) is 0 Å². The molecule has 0 radical (unpaired) electrons. The lowest BCUT2D eigenvalue weighted by molar-refractivity contribution is -0.160. The van der Waals surface area contributed by atoms with Gasteiger partial charge in [-0.05, 0) is 67.7 Å². The third-order valence-electron chi connectivity index (χ3n) is 6.39. The normalized spacial score (nSPS) is 44.1. The van der Waals surface area contributed by atoms with Crippen molar-refractivity contribution < 1.29 is 4.79 Å². The van der Waals surface area contributed by atoms with Gasteiger partial charge >= 0.3 is 0 Å². The summed E-state index contributed by atoms with van der Waals surface area (Å²) in [5, 5.41) is 3.13. The summed E-state index contributed by atoms with van der Waals surface area (Å²) < 4.78 is 0. The van der Waals surface area contributed by atoms with E-state index in [9.17, 15) is 4.79 Å². The van der Waals surface area contributed by atoms with E-state index in [2.05, 4.69) is 19.2 Å². The van der Waals surface area contributed by atoms with Gasteiger partial charge in [0.05, 0.1) is 0 Å². The molecule has 0 aromatic rings. The minimum absolute atomic E-state index is 0.313. The van der Waals surface area contributed by atoms with Crippen LogP contribution < -0.4 is 5.32 Å². The predicted molar refractivity (Wildman–Crippen MR) is 86.0 cm³/mol. The zero-order valence-electron chi connectivity index (χ0n) is 14.3. The van der Waals surface area contributed by atoms with Crippen molar-refractivity contribution in [1.29, 1.82) is 0 Å². The van der Waals surface area contributed by atoms with Crippen molar-refractivity contribution in [2.24, 2.45) is 22.2 Å². The van der Waals surface area contributed by atoms with Crippen LogP contribution in [0.15, 0.2) is 0 Å². The summed E-state index contributed by atoms with van der Waals surface area (Å²) in [5.41, 5.74) is 1.34. The topological polar surface area (TPSA) is 32.3 Å². The van der Waals surface area contributed by atoms with Crippen LogP contribution in [0.3, 0.4) is 0 Å². The quantitative estimate of drug-likeness (QED) is 0.844. The highest BCUT2D eigenvalue weighted by atomic mass is 16.2. The van der Waals surface area contributed by atoms with Crippen LogP contribution >= 0.6 is 0 Å². The molecule has 4 aliphatic carbocycles. The molecule has 0 saturated heterocycles. The highest BCUT2D eigenvalue weighted by molar-refractivity contribution is 5.76. The van der Waals surface area contributed by atoms with E-state index in [0.717, 1.165) is 25.4 Å². The van der Waals surface area contributed by atoms with Gasteiger partial charge in [-0.3, -0.25) is 4.79 Å². The maximum absolute atomic E-state index is 12.6. The number of nitrogens with one attached hydrogen (secondary N) is 1. The van der Waals surface area contributed by atoms with Crippen molar-refractivity contribution in [2.75, 3.05) is 27.2 Å². The third-order valence-corrected chi connectivity index (χ3v) is 6.39. The molecule has 1 N–H and O–H groups in total. The number of hydrogen-bond donors (Lipinski definition) is 1. The molecule has 0 aromatic heterocycles. The zero-order valence-corrected chi connectivity index (χ0v) is 14.3. The molecule has 1 amide bonds. The second-order valence-corrected chi connectivity index (χ2v) is 9.23. The first-order chi connectivity index (χ1) is 9.77. The Morgan fingerprint density at radius 2 is 1.76 bits per heavy atom. The van der Waals surface area contributed by atoms with Crippen LogP contribution in [0.25, 0.3) is 0 Å². The average Bonchev–Trinajstić information content (AvgIpc) is 2.30. The standard InChI is InChI=1S/C18H32N2O/c1-16-7-14-8-17(2,11-16)13-18(9-14,12-16)10-15(21)20(4)6-5-19-3/h14,19H,5-13H2,1-4H3. The van der Waals surface area contributed by atoms with Gasteiger partial charge in [0, 0.05) is 26.6 Å². The molecule has 21 heavy (non-hydrogen) atoms. The predicted octanol–water partition coefficient (Wildman–Crippen LogP) is 3.05. The summed E-state index contributed by atoms with van der Waals surface area (Å²) in [6, 6.07) is 0. The molecule has 4 saturated carbocycles. The summed E-state index contributed by atoms with van der Waals surface area (Å²) in [7, 11) is 3.91. The monoisotopic (exact) mass is 292 g/mol. The Morgan fingerprint density at radius 1 is 1.14 bits per heavy atom. The Morgan fingerprint density at radius 3 is 2.29 bits per heavy atom. The average molecular weight is 292 g/mol. The number of carbonyl (C=O) groups excluding carboxylic acids is 1. The third kappa shape index (κ3) is 2.86. The largest absolute Gasteiger partial charge is 0.344 e. The smallest absolute Gasteiger partial charge is 0.222 e. The Hall–Kier alpha value is -0.570. The van der Waals surface area contributed by atoms with E-state index in [-0.39, 0.29) is 0 Å². The molecule has 3 heteroatoms. The molecular formula is C18H32N2O. The van der Waals surface area contributed by atoms with E-state index in [1.165, 1.54) is 38.5 Å². The van der Waals surface area contributed by atoms with E-state index < -0.39 is 0 Å². The van der Waals surface area contributed by atoms with E-state index in [1.54, 1.807) is 0 Å². The molecule has 0 aliphatic heterocycles. The van der Waals surface area contributed by atoms with E-state index in [1.807, 2.05) is 19.0 Å². The number of amides is 1. The molecule has 4 bridgehead atoms. The molecule has 0 heterocycles. The summed E-state index contributed by atoms with van der Waals surface area (Å²) in [5.74, 6) is 1.24. The van der Waals surface area contributed by atoms with Gasteiger partial charge in [-0.15, -0.1) is 0 Å². The molecule has 3 nitrogen and oxygen atoms in total. The Labute approximate surface area is 129 Å². The van der Waals surface area contributed by atoms with Gasteiger partial charge in [-0.2, -0.15) is 0 Å². The number of hydrogen-bond acceptors (Lipinski definition) is 2. The minimum atomic E-state index is 0.313. The number of likely N-dealkylation sites (N-methyl/N-ethyl adjacent to an activating group) is 2. The van der Waals surface area contributed by atoms with E-state index in [4.69, 9.17) is 0 Å². The van der Waals surface area contributed by atoms with Crippen molar-refractivity contribution in [3.63, 3.8) is 0 Å². The van der Waals surface area contributed by atoms with Crippen LogP contribution in [0.2, 0.25) is 0 Å². The van der Waals surface area contributed by atoms with E-state index in [0.29, 0.717) is 22.2 Å². The fourth-order valence-electron chi connectivity index (χ4n) is 6.74. The zero-order chi connectivity index (χ0) is 15.3. The Bertz CT molecular complexity index is 415. The van der Waals surface area contributed by atoms with Crippen LogP contribution in [0, 0.1) is 22.2 Å². The highest BCUT2D eigenvalue weighted by Crippen LogP contribution is 2.70. The van der Waals surface area contributed by atoms with Crippen molar-refractivity contribution in [3.05, 3.63) is 0 Å². The molecule has 0 spiro atoms. The molecule has 120 valence electrons. The van der Waals surface area contributed by atoms with Crippen LogP contribution in [0.5, 0.6) is 0 Å². The summed E-state index contributed by atoms with van der Waals surface area (Å²) in [4.78, 5) is 14.6. The number of nitrogens with zero attached hydrogens (tertiary/aromatic N) is 1. The summed E-state index contributed by atoms with van der Waals surface area (Å²) >= 11 is 0. The fraction of sp³-hybridized carbons (Fsp3) is 0.944. The van der Waals surface area contributed by atoms with Gasteiger partial charge in [0.15, 0.2) is 0 Å². The maximum Gasteiger partial charge on any atom is 0.222 e. The lowest BCUT2D eigenvalue weighted by atomic mass is 9.40. The summed E-state index contributed by atoms with van der Waals surface area (Å²) in [6.45, 7) is 6.68. The summed E-state index contributed by atoms with van der Waals surface area (Å²) in [6.07, 6.45) is 8.89. The van der Waals surface area contributed by atoms with E-state index >= 15 is 0 Å². The van der Waals surface area contributed by atoms with Gasteiger partial charge in [0.25, 0.3) is 0 Å². The van der Waals surface area contributed by atoms with Gasteiger partial charge < -0.3 is 10.2 Å². The first-order valence-corrected chi connectivity index (χ1v) is 8.66. The van der Waals surface area contributed by atoms with Gasteiger partial charge in [-0.25, -0.2) is 0 Å². The number of rotatable bonds is 5. The van der Waals surface area contributed by atoms with Gasteiger partial charge in [-0.1, -0.05) is 13.8 Å². The lowest BCUT2D eigenvalue weighted by Crippen LogP contribution is -2.56. The Kier molecular flexibility index (Phi) is 3.63. The van der Waals surface area contributed by atoms with Crippen LogP contribution in [-0.2, 0) is 4.79 Å².